The van der Waals surface area contributed by atoms with Gasteiger partial charge in [0.05, 0.1) is 12.5 Å². The van der Waals surface area contributed by atoms with Crippen LogP contribution in [-0.2, 0) is 13.1 Å². The fraction of sp³-hybridized carbons (Fsp3) is 0.471. The van der Waals surface area contributed by atoms with Crippen LogP contribution in [0.15, 0.2) is 47.5 Å². The van der Waals surface area contributed by atoms with Crippen LogP contribution in [0.25, 0.3) is 0 Å². The highest BCUT2D eigenvalue weighted by atomic mass is 16.3. The lowest BCUT2D eigenvalue weighted by atomic mass is 10.1. The average Bonchev–Trinajstić information content (AvgIpc) is 3.21. The van der Waals surface area contributed by atoms with Gasteiger partial charge in [0.1, 0.15) is 0 Å². The van der Waals surface area contributed by atoms with Crippen LogP contribution >= 0.6 is 0 Å². The molecular weight excluding hydrogens is 262 g/mol. The van der Waals surface area contributed by atoms with Gasteiger partial charge in [-0.25, -0.2) is 0 Å². The van der Waals surface area contributed by atoms with E-state index in [9.17, 15) is 0 Å². The number of likely N-dealkylation sites (tertiary alicyclic amines) is 2. The van der Waals surface area contributed by atoms with Crippen molar-refractivity contribution in [1.82, 2.24) is 14.8 Å². The molecule has 0 unspecified atom stereocenters. The van der Waals surface area contributed by atoms with Crippen molar-refractivity contribution in [1.29, 1.82) is 0 Å². The van der Waals surface area contributed by atoms with E-state index in [2.05, 4.69) is 26.9 Å². The highest BCUT2D eigenvalue weighted by Gasteiger charge is 2.42. The first-order valence-electron chi connectivity index (χ1n) is 7.78. The molecule has 2 aromatic heterocycles. The summed E-state index contributed by atoms with van der Waals surface area (Å²) in [6, 6.07) is 7.70. The van der Waals surface area contributed by atoms with E-state index < -0.39 is 0 Å². The first-order valence-corrected chi connectivity index (χ1v) is 7.78. The van der Waals surface area contributed by atoms with Crippen LogP contribution in [0.5, 0.6) is 0 Å². The van der Waals surface area contributed by atoms with Gasteiger partial charge in [0.25, 0.3) is 0 Å². The van der Waals surface area contributed by atoms with Gasteiger partial charge in [-0.15, -0.1) is 0 Å². The first-order chi connectivity index (χ1) is 10.4. The molecule has 0 aromatic carbocycles. The Hall–Kier alpha value is -1.65. The Balaban J connectivity index is 1.41. The van der Waals surface area contributed by atoms with E-state index in [1.54, 1.807) is 6.26 Å². The zero-order valence-corrected chi connectivity index (χ0v) is 12.2. The van der Waals surface area contributed by atoms with Crippen LogP contribution in [0.4, 0.5) is 0 Å². The summed E-state index contributed by atoms with van der Waals surface area (Å²) in [5, 5.41) is 0. The summed E-state index contributed by atoms with van der Waals surface area (Å²) < 4.78 is 5.19. The van der Waals surface area contributed by atoms with Crippen molar-refractivity contribution in [2.24, 2.45) is 0 Å². The van der Waals surface area contributed by atoms with Gasteiger partial charge in [0.15, 0.2) is 0 Å². The molecule has 2 fully saturated rings. The molecule has 2 saturated heterocycles. The lowest BCUT2D eigenvalue weighted by Crippen LogP contribution is -2.35. The largest absolute Gasteiger partial charge is 0.472 e. The van der Waals surface area contributed by atoms with Crippen molar-refractivity contribution in [3.8, 4) is 0 Å². The van der Waals surface area contributed by atoms with Crippen LogP contribution in [-0.4, -0.2) is 40.0 Å². The molecule has 0 saturated carbocycles. The Morgan fingerprint density at radius 1 is 1.05 bits per heavy atom. The number of nitrogens with zero attached hydrogens (tertiary/aromatic N) is 3. The van der Waals surface area contributed by atoms with Crippen LogP contribution in [0.1, 0.15) is 24.0 Å². The summed E-state index contributed by atoms with van der Waals surface area (Å²) in [7, 11) is 0. The van der Waals surface area contributed by atoms with Gasteiger partial charge < -0.3 is 4.42 Å². The predicted molar refractivity (Wildman–Crippen MR) is 80.6 cm³/mol. The molecular formula is C17H21N3O. The molecule has 2 aromatic rings. The lowest BCUT2D eigenvalue weighted by molar-refractivity contribution is 0.212. The third-order valence-electron chi connectivity index (χ3n) is 4.88. The van der Waals surface area contributed by atoms with E-state index in [-0.39, 0.29) is 0 Å². The summed E-state index contributed by atoms with van der Waals surface area (Å²) >= 11 is 0. The Labute approximate surface area is 125 Å². The Morgan fingerprint density at radius 3 is 2.43 bits per heavy atom. The minimum Gasteiger partial charge on any atom is -0.472 e. The number of pyridine rings is 1. The molecule has 0 aliphatic carbocycles. The highest BCUT2D eigenvalue weighted by molar-refractivity contribution is 5.12. The van der Waals surface area contributed by atoms with Gasteiger partial charge >= 0.3 is 0 Å². The van der Waals surface area contributed by atoms with Gasteiger partial charge in [-0.1, -0.05) is 6.07 Å². The van der Waals surface area contributed by atoms with Crippen LogP contribution in [0.2, 0.25) is 0 Å². The molecule has 2 aliphatic rings. The molecule has 0 radical (unpaired) electrons. The second-order valence-electron chi connectivity index (χ2n) is 6.15. The zero-order valence-electron chi connectivity index (χ0n) is 12.2. The summed E-state index contributed by atoms with van der Waals surface area (Å²) in [5.74, 6) is 0. The molecule has 110 valence electrons. The van der Waals surface area contributed by atoms with E-state index in [0.29, 0.717) is 12.1 Å². The maximum atomic E-state index is 5.19. The van der Waals surface area contributed by atoms with E-state index in [0.717, 1.165) is 13.1 Å². The van der Waals surface area contributed by atoms with Gasteiger partial charge in [-0.3, -0.25) is 14.8 Å². The fourth-order valence-corrected chi connectivity index (χ4v) is 3.90. The molecule has 0 N–H and O–H groups in total. The number of aromatic nitrogens is 1. The molecule has 2 aliphatic heterocycles. The molecule has 4 heteroatoms. The standard InChI is InChI=1S/C17H21N3O/c1-2-14(10-18-6-1)11-19-7-3-17-16(19)4-8-20(17)12-15-5-9-21-13-15/h1-2,5-6,9-10,13,16-17H,3-4,7-8,11-12H2/t16-,17+/m0/s1. The second-order valence-corrected chi connectivity index (χ2v) is 6.15. The molecule has 4 nitrogen and oxygen atoms in total. The quantitative estimate of drug-likeness (QED) is 0.863. The van der Waals surface area contributed by atoms with E-state index in [1.165, 1.54) is 37.1 Å². The SMILES string of the molecule is c1cncc(CN2CC[C@@H]3[C@@H]2CCN3Cc2ccoc2)c1. The number of hydrogen-bond acceptors (Lipinski definition) is 4. The van der Waals surface area contributed by atoms with Gasteiger partial charge in [0, 0.05) is 56.2 Å². The fourth-order valence-electron chi connectivity index (χ4n) is 3.90. The second kappa shape index (κ2) is 5.62. The lowest BCUT2D eigenvalue weighted by Gasteiger charge is -2.25. The van der Waals surface area contributed by atoms with E-state index in [1.807, 2.05) is 24.7 Å². The highest BCUT2D eigenvalue weighted by Crippen LogP contribution is 2.33. The minimum atomic E-state index is 0.705. The van der Waals surface area contributed by atoms with Gasteiger partial charge in [-0.2, -0.15) is 0 Å². The summed E-state index contributed by atoms with van der Waals surface area (Å²) in [6.45, 7) is 4.46. The number of furan rings is 1. The van der Waals surface area contributed by atoms with E-state index in [4.69, 9.17) is 4.42 Å². The van der Waals surface area contributed by atoms with Crippen molar-refractivity contribution in [3.05, 3.63) is 54.2 Å². The van der Waals surface area contributed by atoms with E-state index >= 15 is 0 Å². The normalized spacial score (nSPS) is 26.3. The molecule has 4 rings (SSSR count). The molecule has 2 atom stereocenters. The topological polar surface area (TPSA) is 32.5 Å². The first kappa shape index (κ1) is 13.0. The van der Waals surface area contributed by atoms with Crippen molar-refractivity contribution in [2.45, 2.75) is 38.0 Å². The van der Waals surface area contributed by atoms with Crippen LogP contribution in [0, 0.1) is 0 Å². The van der Waals surface area contributed by atoms with Crippen molar-refractivity contribution >= 4 is 0 Å². The number of rotatable bonds is 4. The third kappa shape index (κ3) is 2.61. The molecule has 0 bridgehead atoms. The third-order valence-corrected chi connectivity index (χ3v) is 4.88. The predicted octanol–water partition coefficient (Wildman–Crippen LogP) is 2.52. The number of hydrogen-bond donors (Lipinski definition) is 0. The summed E-state index contributed by atoms with van der Waals surface area (Å²) in [5.41, 5.74) is 2.62. The zero-order chi connectivity index (χ0) is 14.1. The average molecular weight is 283 g/mol. The smallest absolute Gasteiger partial charge is 0.0947 e. The van der Waals surface area contributed by atoms with Crippen molar-refractivity contribution in [3.63, 3.8) is 0 Å². The molecule has 21 heavy (non-hydrogen) atoms. The van der Waals surface area contributed by atoms with Crippen molar-refractivity contribution in [2.75, 3.05) is 13.1 Å². The summed E-state index contributed by atoms with van der Waals surface area (Å²) in [4.78, 5) is 9.49. The monoisotopic (exact) mass is 283 g/mol. The Morgan fingerprint density at radius 2 is 1.81 bits per heavy atom. The minimum absolute atomic E-state index is 0.705. The van der Waals surface area contributed by atoms with Crippen LogP contribution < -0.4 is 0 Å². The summed E-state index contributed by atoms with van der Waals surface area (Å²) in [6.07, 6.45) is 10.0. The van der Waals surface area contributed by atoms with Gasteiger partial charge in [0.2, 0.25) is 0 Å². The molecule has 4 heterocycles. The Kier molecular flexibility index (Phi) is 3.49. The maximum absolute atomic E-state index is 5.19. The van der Waals surface area contributed by atoms with Crippen LogP contribution in [0.3, 0.4) is 0 Å². The molecule has 0 spiro atoms. The van der Waals surface area contributed by atoms with Gasteiger partial charge in [-0.05, 0) is 30.5 Å². The molecule has 0 amide bonds. The van der Waals surface area contributed by atoms with Crippen molar-refractivity contribution < 1.29 is 4.42 Å². The maximum Gasteiger partial charge on any atom is 0.0947 e. The number of fused-ring (bicyclic) bond motifs is 1. The Bertz CT molecular complexity index is 569.